The first kappa shape index (κ1) is 12.1. The van der Waals surface area contributed by atoms with Crippen molar-refractivity contribution < 1.29 is 13.2 Å². The Morgan fingerprint density at radius 2 is 2.00 bits per heavy atom. The summed E-state index contributed by atoms with van der Waals surface area (Å²) in [6.07, 6.45) is 0. The summed E-state index contributed by atoms with van der Waals surface area (Å²) in [5.74, 6) is 0. The van der Waals surface area contributed by atoms with Crippen molar-refractivity contribution >= 4 is 20.6 Å². The number of hydrogen-bond donors (Lipinski definition) is 2. The highest BCUT2D eigenvalue weighted by atomic mass is 32.2. The van der Waals surface area contributed by atoms with Gasteiger partial charge in [0.25, 0.3) is 5.12 Å². The van der Waals surface area contributed by atoms with Gasteiger partial charge in [0.05, 0.1) is 10.6 Å². The van der Waals surface area contributed by atoms with Crippen molar-refractivity contribution in [2.45, 2.75) is 30.8 Å². The second-order valence-electron chi connectivity index (χ2n) is 4.58. The van der Waals surface area contributed by atoms with E-state index in [9.17, 15) is 13.2 Å². The molecule has 2 rings (SSSR count). The van der Waals surface area contributed by atoms with Crippen LogP contribution in [-0.4, -0.2) is 19.1 Å². The fraction of sp³-hybridized carbons (Fsp3) is 0.364. The molecule has 92 valence electrons. The van der Waals surface area contributed by atoms with E-state index in [0.29, 0.717) is 12.2 Å². The first-order valence-electron chi connectivity index (χ1n) is 5.20. The molecule has 1 heterocycles. The number of fused-ring (bicyclic) bond motifs is 1. The highest BCUT2D eigenvalue weighted by Crippen LogP contribution is 2.34. The number of hydrogen-bond acceptors (Lipinski definition) is 5. The Labute approximate surface area is 99.9 Å². The molecule has 0 saturated heterocycles. The van der Waals surface area contributed by atoms with Crippen LogP contribution in [0.5, 0.6) is 0 Å². The molecule has 0 aliphatic carbocycles. The van der Waals surface area contributed by atoms with Crippen molar-refractivity contribution in [2.24, 2.45) is 5.73 Å². The van der Waals surface area contributed by atoms with Crippen LogP contribution in [0.3, 0.4) is 0 Å². The Hall–Kier alpha value is -1.40. The van der Waals surface area contributed by atoms with E-state index in [2.05, 4.69) is 5.32 Å². The fourth-order valence-corrected chi connectivity index (χ4v) is 3.43. The summed E-state index contributed by atoms with van der Waals surface area (Å²) in [6.45, 7) is 3.42. The van der Waals surface area contributed by atoms with Crippen LogP contribution in [-0.2, 0) is 21.2 Å². The quantitative estimate of drug-likeness (QED) is 0.768. The van der Waals surface area contributed by atoms with Gasteiger partial charge in [-0.1, -0.05) is 6.07 Å². The van der Waals surface area contributed by atoms with Crippen LogP contribution in [0.4, 0.5) is 5.69 Å². The summed E-state index contributed by atoms with van der Waals surface area (Å²) >= 11 is 0. The summed E-state index contributed by atoms with van der Waals surface area (Å²) in [5.41, 5.74) is 5.65. The Bertz CT molecular complexity index is 591. The molecular formula is C11H14N2O3S. The molecule has 0 saturated carbocycles. The van der Waals surface area contributed by atoms with Gasteiger partial charge >= 0.3 is 0 Å². The van der Waals surface area contributed by atoms with Gasteiger partial charge < -0.3 is 11.1 Å². The zero-order valence-electron chi connectivity index (χ0n) is 9.65. The van der Waals surface area contributed by atoms with Gasteiger partial charge in [0, 0.05) is 6.54 Å². The molecule has 6 heteroatoms. The minimum atomic E-state index is -3.90. The van der Waals surface area contributed by atoms with Gasteiger partial charge in [0.1, 0.15) is 5.54 Å². The molecule has 3 N–H and O–H groups in total. The maximum atomic E-state index is 12.0. The molecule has 0 spiro atoms. The maximum Gasteiger partial charge on any atom is 0.275 e. The molecule has 0 fully saturated rings. The molecule has 0 atom stereocenters. The molecule has 0 radical (unpaired) electrons. The van der Waals surface area contributed by atoms with Gasteiger partial charge in [0.2, 0.25) is 9.84 Å². The molecule has 0 bridgehead atoms. The summed E-state index contributed by atoms with van der Waals surface area (Å²) in [5, 5.41) is 2.12. The molecule has 5 nitrogen and oxygen atoms in total. The number of sulfone groups is 1. The first-order valence-corrected chi connectivity index (χ1v) is 6.68. The van der Waals surface area contributed by atoms with Crippen LogP contribution in [0.1, 0.15) is 19.4 Å². The highest BCUT2D eigenvalue weighted by molar-refractivity contribution is 8.06. The number of anilines is 1. The predicted molar refractivity (Wildman–Crippen MR) is 64.2 cm³/mol. The zero-order chi connectivity index (χ0) is 12.8. The minimum Gasteiger partial charge on any atom is -0.371 e. The SMILES string of the molecule is CC1(C)Nc2cc(CN)ccc2S(=O)(=O)C1=O. The summed E-state index contributed by atoms with van der Waals surface area (Å²) in [7, 11) is -3.90. The number of benzene rings is 1. The van der Waals surface area contributed by atoms with Gasteiger partial charge in [-0.2, -0.15) is 0 Å². The average molecular weight is 254 g/mol. The van der Waals surface area contributed by atoms with Gasteiger partial charge in [-0.05, 0) is 31.5 Å². The van der Waals surface area contributed by atoms with E-state index in [1.807, 2.05) is 0 Å². The largest absolute Gasteiger partial charge is 0.371 e. The molecule has 1 aromatic rings. The fourth-order valence-electron chi connectivity index (χ4n) is 1.86. The Morgan fingerprint density at radius 3 is 2.59 bits per heavy atom. The molecule has 1 aromatic carbocycles. The summed E-state index contributed by atoms with van der Waals surface area (Å²) in [6, 6.07) is 4.71. The number of rotatable bonds is 1. The van der Waals surface area contributed by atoms with Crippen LogP contribution in [0.15, 0.2) is 23.1 Å². The predicted octanol–water partition coefficient (Wildman–Crippen LogP) is 0.650. The van der Waals surface area contributed by atoms with Gasteiger partial charge in [0.15, 0.2) is 0 Å². The number of nitrogens with one attached hydrogen (secondary N) is 1. The lowest BCUT2D eigenvalue weighted by Gasteiger charge is -2.31. The van der Waals surface area contributed by atoms with Gasteiger partial charge in [-0.3, -0.25) is 4.79 Å². The lowest BCUT2D eigenvalue weighted by Crippen LogP contribution is -2.48. The van der Waals surface area contributed by atoms with Gasteiger partial charge in [-0.25, -0.2) is 8.42 Å². The molecule has 1 aliphatic heterocycles. The first-order chi connectivity index (χ1) is 7.79. The second-order valence-corrected chi connectivity index (χ2v) is 6.39. The summed E-state index contributed by atoms with van der Waals surface area (Å²) < 4.78 is 24.0. The van der Waals surface area contributed by atoms with E-state index in [1.54, 1.807) is 26.0 Å². The maximum absolute atomic E-state index is 12.0. The third-order valence-electron chi connectivity index (χ3n) is 2.77. The van der Waals surface area contributed by atoms with Crippen LogP contribution < -0.4 is 11.1 Å². The average Bonchev–Trinajstić information content (AvgIpc) is 2.25. The van der Waals surface area contributed by atoms with Crippen molar-refractivity contribution in [3.05, 3.63) is 23.8 Å². The monoisotopic (exact) mass is 254 g/mol. The normalized spacial score (nSPS) is 20.5. The third-order valence-corrected chi connectivity index (χ3v) is 4.70. The van der Waals surface area contributed by atoms with Gasteiger partial charge in [-0.15, -0.1) is 0 Å². The highest BCUT2D eigenvalue weighted by Gasteiger charge is 2.44. The van der Waals surface area contributed by atoms with E-state index in [1.165, 1.54) is 6.07 Å². The van der Waals surface area contributed by atoms with Crippen molar-refractivity contribution in [2.75, 3.05) is 5.32 Å². The molecule has 0 aromatic heterocycles. The number of carbonyl (C=O) groups excluding carboxylic acids is 1. The van der Waals surface area contributed by atoms with Crippen LogP contribution in [0.25, 0.3) is 0 Å². The summed E-state index contributed by atoms with van der Waals surface area (Å²) in [4.78, 5) is 11.8. The van der Waals surface area contributed by atoms with E-state index < -0.39 is 20.5 Å². The Balaban J connectivity index is 2.70. The minimum absolute atomic E-state index is 0.0269. The van der Waals surface area contributed by atoms with Crippen molar-refractivity contribution in [1.82, 2.24) is 0 Å². The van der Waals surface area contributed by atoms with Crippen LogP contribution >= 0.6 is 0 Å². The van der Waals surface area contributed by atoms with E-state index in [-0.39, 0.29) is 4.90 Å². The smallest absolute Gasteiger partial charge is 0.275 e. The standard InChI is InChI=1S/C11H14N2O3S/c1-11(2)10(14)17(15,16)9-4-3-7(6-12)5-8(9)13-11/h3-5,13H,6,12H2,1-2H3. The van der Waals surface area contributed by atoms with Crippen molar-refractivity contribution in [3.8, 4) is 0 Å². The van der Waals surface area contributed by atoms with Crippen LogP contribution in [0.2, 0.25) is 0 Å². The van der Waals surface area contributed by atoms with Crippen molar-refractivity contribution in [1.29, 1.82) is 0 Å². The number of nitrogens with two attached hydrogens (primary N) is 1. The lowest BCUT2D eigenvalue weighted by molar-refractivity contribution is -0.114. The zero-order valence-corrected chi connectivity index (χ0v) is 10.5. The van der Waals surface area contributed by atoms with Crippen LogP contribution in [0, 0.1) is 0 Å². The van der Waals surface area contributed by atoms with E-state index >= 15 is 0 Å². The topological polar surface area (TPSA) is 89.3 Å². The van der Waals surface area contributed by atoms with E-state index in [4.69, 9.17) is 5.73 Å². The molecular weight excluding hydrogens is 240 g/mol. The molecule has 1 aliphatic rings. The van der Waals surface area contributed by atoms with Crippen molar-refractivity contribution in [3.63, 3.8) is 0 Å². The molecule has 17 heavy (non-hydrogen) atoms. The Kier molecular flexibility index (Phi) is 2.52. The van der Waals surface area contributed by atoms with E-state index in [0.717, 1.165) is 5.56 Å². The number of carbonyl (C=O) groups is 1. The molecule has 0 amide bonds. The third kappa shape index (κ3) is 1.73. The molecule has 0 unspecified atom stereocenters. The second kappa shape index (κ2) is 3.54. The Morgan fingerprint density at radius 1 is 1.35 bits per heavy atom. The lowest BCUT2D eigenvalue weighted by atomic mass is 10.1.